The fourth-order valence-corrected chi connectivity index (χ4v) is 3.67. The number of nitrogens with zero attached hydrogens (tertiary/aromatic N) is 2. The molecule has 0 saturated heterocycles. The van der Waals surface area contributed by atoms with Gasteiger partial charge in [0.05, 0.1) is 0 Å². The summed E-state index contributed by atoms with van der Waals surface area (Å²) in [5.41, 5.74) is 5.17. The largest absolute Gasteiger partial charge is 0.478 e. The van der Waals surface area contributed by atoms with Crippen LogP contribution in [0.15, 0.2) is 97.2 Å². The number of anilines is 6. The number of carbonyl (C=O) groups is 1. The minimum atomic E-state index is -1.02. The monoisotopic (exact) mass is 452 g/mol. The van der Waals surface area contributed by atoms with Crippen molar-refractivity contribution in [1.29, 1.82) is 0 Å². The smallest absolute Gasteiger partial charge is 0.339 e. The van der Waals surface area contributed by atoms with Gasteiger partial charge in [0.25, 0.3) is 0 Å². The van der Waals surface area contributed by atoms with E-state index in [4.69, 9.17) is 0 Å². The summed E-state index contributed by atoms with van der Waals surface area (Å²) in [5, 5.41) is 15.8. The molecule has 172 valence electrons. The summed E-state index contributed by atoms with van der Waals surface area (Å²) in [7, 11) is 0. The van der Waals surface area contributed by atoms with Crippen molar-refractivity contribution in [3.63, 3.8) is 0 Å². The third kappa shape index (κ3) is 5.72. The van der Waals surface area contributed by atoms with Crippen LogP contribution in [0.1, 0.15) is 30.1 Å². The molecule has 0 unspecified atom stereocenters. The molecule has 1 aromatic heterocycles. The topological polar surface area (TPSA) is 77.5 Å². The SMILES string of the molecule is CCCCN(c1ccccc1)c1ccc(Nc2ccc(Nc3ncccc3C(=O)O)cc2)cc1. The van der Waals surface area contributed by atoms with E-state index in [2.05, 4.69) is 76.0 Å². The van der Waals surface area contributed by atoms with Gasteiger partial charge in [-0.2, -0.15) is 0 Å². The first-order valence-electron chi connectivity index (χ1n) is 11.4. The zero-order valence-electron chi connectivity index (χ0n) is 19.1. The second-order valence-corrected chi connectivity index (χ2v) is 7.92. The molecule has 6 heteroatoms. The highest BCUT2D eigenvalue weighted by molar-refractivity contribution is 5.93. The van der Waals surface area contributed by atoms with Gasteiger partial charge >= 0.3 is 5.97 Å². The Balaban J connectivity index is 1.44. The Morgan fingerprint density at radius 1 is 0.794 bits per heavy atom. The molecule has 3 aromatic carbocycles. The maximum absolute atomic E-state index is 11.4. The summed E-state index contributed by atoms with van der Waals surface area (Å²) in [6, 6.07) is 29.7. The number of nitrogens with one attached hydrogen (secondary N) is 2. The normalized spacial score (nSPS) is 10.5. The van der Waals surface area contributed by atoms with E-state index in [-0.39, 0.29) is 5.56 Å². The van der Waals surface area contributed by atoms with Gasteiger partial charge in [-0.15, -0.1) is 0 Å². The summed E-state index contributed by atoms with van der Waals surface area (Å²) in [6.07, 6.45) is 3.84. The second-order valence-electron chi connectivity index (χ2n) is 7.92. The number of benzene rings is 3. The van der Waals surface area contributed by atoms with Crippen molar-refractivity contribution in [1.82, 2.24) is 4.98 Å². The minimum absolute atomic E-state index is 0.133. The number of pyridine rings is 1. The van der Waals surface area contributed by atoms with Crippen LogP contribution in [0.5, 0.6) is 0 Å². The van der Waals surface area contributed by atoms with Crippen LogP contribution >= 0.6 is 0 Å². The van der Waals surface area contributed by atoms with Gasteiger partial charge in [-0.1, -0.05) is 31.5 Å². The van der Waals surface area contributed by atoms with E-state index in [1.54, 1.807) is 12.3 Å². The number of aromatic nitrogens is 1. The van der Waals surface area contributed by atoms with Gasteiger partial charge in [-0.3, -0.25) is 0 Å². The van der Waals surface area contributed by atoms with Crippen molar-refractivity contribution in [2.75, 3.05) is 22.1 Å². The highest BCUT2D eigenvalue weighted by Gasteiger charge is 2.11. The van der Waals surface area contributed by atoms with Gasteiger partial charge in [0.1, 0.15) is 11.4 Å². The Kier molecular flexibility index (Phi) is 7.40. The molecule has 0 bridgehead atoms. The average molecular weight is 453 g/mol. The van der Waals surface area contributed by atoms with Gasteiger partial charge in [-0.05, 0) is 79.2 Å². The fourth-order valence-electron chi connectivity index (χ4n) is 3.67. The van der Waals surface area contributed by atoms with E-state index in [0.29, 0.717) is 5.82 Å². The number of carboxylic acid groups (broad SMARTS) is 1. The molecule has 0 spiro atoms. The van der Waals surface area contributed by atoms with Gasteiger partial charge < -0.3 is 20.6 Å². The zero-order chi connectivity index (χ0) is 23.8. The molecule has 34 heavy (non-hydrogen) atoms. The quantitative estimate of drug-likeness (QED) is 0.236. The number of unbranched alkanes of at least 4 members (excludes halogenated alkanes) is 1. The first kappa shape index (κ1) is 22.9. The lowest BCUT2D eigenvalue weighted by molar-refractivity contribution is 0.0697. The van der Waals surface area contributed by atoms with Crippen molar-refractivity contribution in [2.24, 2.45) is 0 Å². The van der Waals surface area contributed by atoms with E-state index >= 15 is 0 Å². The molecule has 3 N–H and O–H groups in total. The molecule has 1 heterocycles. The standard InChI is InChI=1S/C28H28N4O2/c1-2-3-20-32(24-8-5-4-6-9-24)25-17-15-22(16-18-25)30-21-11-13-23(14-12-21)31-27-26(28(33)34)10-7-19-29-27/h4-19,30H,2-3,20H2,1H3,(H,29,31)(H,33,34). The Hall–Kier alpha value is -4.32. The van der Waals surface area contributed by atoms with Crippen LogP contribution in [0, 0.1) is 0 Å². The van der Waals surface area contributed by atoms with Crippen molar-refractivity contribution >= 4 is 40.2 Å². The Labute approximate surface area is 199 Å². The summed E-state index contributed by atoms with van der Waals surface area (Å²) in [4.78, 5) is 17.9. The lowest BCUT2D eigenvalue weighted by Gasteiger charge is -2.25. The molecule has 4 rings (SSSR count). The van der Waals surface area contributed by atoms with Crippen molar-refractivity contribution in [2.45, 2.75) is 19.8 Å². The maximum Gasteiger partial charge on any atom is 0.339 e. The van der Waals surface area contributed by atoms with Crippen molar-refractivity contribution in [3.05, 3.63) is 103 Å². The second kappa shape index (κ2) is 11.0. The molecule has 4 aromatic rings. The lowest BCUT2D eigenvalue weighted by Crippen LogP contribution is -2.18. The van der Waals surface area contributed by atoms with Crippen LogP contribution in [0.4, 0.5) is 34.3 Å². The Morgan fingerprint density at radius 2 is 1.38 bits per heavy atom. The molecule has 6 nitrogen and oxygen atoms in total. The summed E-state index contributed by atoms with van der Waals surface area (Å²) in [5.74, 6) is -0.699. The molecule has 0 aliphatic carbocycles. The lowest BCUT2D eigenvalue weighted by atomic mass is 10.2. The van der Waals surface area contributed by atoms with Crippen molar-refractivity contribution < 1.29 is 9.90 Å². The molecule has 0 atom stereocenters. The van der Waals surface area contributed by atoms with Gasteiger partial charge in [-0.25, -0.2) is 9.78 Å². The van der Waals surface area contributed by atoms with Crippen LogP contribution in [0.3, 0.4) is 0 Å². The predicted molar refractivity (Wildman–Crippen MR) is 139 cm³/mol. The molecule has 0 fully saturated rings. The first-order chi connectivity index (χ1) is 16.6. The van der Waals surface area contributed by atoms with Crippen LogP contribution in [0.25, 0.3) is 0 Å². The van der Waals surface area contributed by atoms with Crippen LogP contribution in [0.2, 0.25) is 0 Å². The van der Waals surface area contributed by atoms with E-state index in [9.17, 15) is 9.90 Å². The third-order valence-corrected chi connectivity index (χ3v) is 5.46. The summed E-state index contributed by atoms with van der Waals surface area (Å²) < 4.78 is 0. The number of hydrogen-bond acceptors (Lipinski definition) is 5. The molecular weight excluding hydrogens is 424 g/mol. The van der Waals surface area contributed by atoms with Crippen LogP contribution < -0.4 is 15.5 Å². The summed E-state index contributed by atoms with van der Waals surface area (Å²) in [6.45, 7) is 3.18. The first-order valence-corrected chi connectivity index (χ1v) is 11.4. The number of rotatable bonds is 10. The van der Waals surface area contributed by atoms with Gasteiger partial charge in [0, 0.05) is 41.2 Å². The number of carboxylic acids is 1. The fraction of sp³-hybridized carbons (Fsp3) is 0.143. The summed E-state index contributed by atoms with van der Waals surface area (Å²) >= 11 is 0. The number of para-hydroxylation sites is 1. The predicted octanol–water partition coefficient (Wildman–Crippen LogP) is 7.21. The van der Waals surface area contributed by atoms with E-state index in [1.165, 1.54) is 11.8 Å². The highest BCUT2D eigenvalue weighted by Crippen LogP contribution is 2.28. The third-order valence-electron chi connectivity index (χ3n) is 5.46. The molecule has 0 aliphatic rings. The van der Waals surface area contributed by atoms with Crippen LogP contribution in [-0.4, -0.2) is 22.6 Å². The zero-order valence-corrected chi connectivity index (χ0v) is 19.1. The van der Waals surface area contributed by atoms with E-state index < -0.39 is 5.97 Å². The molecule has 0 saturated carbocycles. The number of aromatic carboxylic acids is 1. The Bertz CT molecular complexity index is 1210. The van der Waals surface area contributed by atoms with Crippen molar-refractivity contribution in [3.8, 4) is 0 Å². The molecule has 0 aliphatic heterocycles. The molecule has 0 radical (unpaired) electrons. The van der Waals surface area contributed by atoms with Gasteiger partial charge in [0.2, 0.25) is 0 Å². The number of hydrogen-bond donors (Lipinski definition) is 3. The van der Waals surface area contributed by atoms with E-state index in [0.717, 1.165) is 42.1 Å². The highest BCUT2D eigenvalue weighted by atomic mass is 16.4. The molecule has 0 amide bonds. The van der Waals surface area contributed by atoms with Crippen LogP contribution in [-0.2, 0) is 0 Å². The Morgan fingerprint density at radius 3 is 2.00 bits per heavy atom. The van der Waals surface area contributed by atoms with Gasteiger partial charge in [0.15, 0.2) is 0 Å². The minimum Gasteiger partial charge on any atom is -0.478 e. The average Bonchev–Trinajstić information content (AvgIpc) is 2.87. The molecular formula is C28H28N4O2. The maximum atomic E-state index is 11.4. The van der Waals surface area contributed by atoms with E-state index in [1.807, 2.05) is 30.3 Å².